The quantitative estimate of drug-likeness (QED) is 0.363. The van der Waals surface area contributed by atoms with Crippen molar-refractivity contribution >= 4 is 18.3 Å². The van der Waals surface area contributed by atoms with Crippen molar-refractivity contribution in [3.63, 3.8) is 0 Å². The lowest BCUT2D eigenvalue weighted by Gasteiger charge is -2.06. The summed E-state index contributed by atoms with van der Waals surface area (Å²) in [6, 6.07) is 15.8. The van der Waals surface area contributed by atoms with Crippen LogP contribution in [0.4, 0.5) is 0 Å². The van der Waals surface area contributed by atoms with Crippen LogP contribution in [0, 0.1) is 0 Å². The number of para-hydroxylation sites is 1. The van der Waals surface area contributed by atoms with Crippen LogP contribution in [0.1, 0.15) is 15.9 Å². The van der Waals surface area contributed by atoms with Crippen LogP contribution in [-0.4, -0.2) is 12.3 Å². The first-order chi connectivity index (χ1) is 9.31. The van der Waals surface area contributed by atoms with E-state index in [1.165, 1.54) is 6.08 Å². The van der Waals surface area contributed by atoms with Crippen LogP contribution in [-0.2, 0) is 4.79 Å². The van der Waals surface area contributed by atoms with Gasteiger partial charge in [0.05, 0.1) is 5.56 Å². The maximum atomic E-state index is 12.1. The Hall–Kier alpha value is -2.68. The number of allylic oxidation sites excluding steroid dienone is 1. The van der Waals surface area contributed by atoms with E-state index in [2.05, 4.69) is 0 Å². The number of esters is 1. The highest BCUT2D eigenvalue weighted by atomic mass is 16.5. The first-order valence-electron chi connectivity index (χ1n) is 5.79. The smallest absolute Gasteiger partial charge is 0.344 e. The fourth-order valence-electron chi connectivity index (χ4n) is 1.62. The Labute approximate surface area is 111 Å². The van der Waals surface area contributed by atoms with Gasteiger partial charge in [-0.3, -0.25) is 4.79 Å². The summed E-state index contributed by atoms with van der Waals surface area (Å²) in [5, 5.41) is 0. The van der Waals surface area contributed by atoms with E-state index in [1.807, 2.05) is 6.07 Å². The molecule has 2 aromatic rings. The zero-order valence-corrected chi connectivity index (χ0v) is 10.2. The summed E-state index contributed by atoms with van der Waals surface area (Å²) < 4.78 is 5.26. The van der Waals surface area contributed by atoms with Gasteiger partial charge in [-0.2, -0.15) is 0 Å². The molecule has 0 unspecified atom stereocenters. The van der Waals surface area contributed by atoms with Crippen molar-refractivity contribution in [2.75, 3.05) is 0 Å². The number of benzene rings is 2. The van der Waals surface area contributed by atoms with Gasteiger partial charge in [0.15, 0.2) is 0 Å². The highest BCUT2D eigenvalue weighted by Crippen LogP contribution is 2.15. The summed E-state index contributed by atoms with van der Waals surface area (Å²) in [6.07, 6.45) is 3.59. The molecule has 0 radical (unpaired) electrons. The summed E-state index contributed by atoms with van der Waals surface area (Å²) in [5.74, 6) is 0.0408. The molecule has 94 valence electrons. The Kier molecular flexibility index (Phi) is 4.24. The number of hydrogen-bond acceptors (Lipinski definition) is 3. The van der Waals surface area contributed by atoms with Gasteiger partial charge in [0.1, 0.15) is 12.0 Å². The minimum Gasteiger partial charge on any atom is -0.423 e. The predicted molar refractivity (Wildman–Crippen MR) is 72.9 cm³/mol. The standard InChI is InChI=1S/C16H12O3/c17-12-6-8-13-7-4-5-11-15(13)16(18)19-14-9-2-1-3-10-14/h1-12H/b8-6+. The van der Waals surface area contributed by atoms with Crippen LogP contribution in [0.3, 0.4) is 0 Å². The maximum absolute atomic E-state index is 12.1. The van der Waals surface area contributed by atoms with Crippen LogP contribution >= 0.6 is 0 Å². The largest absolute Gasteiger partial charge is 0.423 e. The molecular weight excluding hydrogens is 240 g/mol. The normalized spacial score (nSPS) is 10.3. The first kappa shape index (κ1) is 12.8. The monoisotopic (exact) mass is 252 g/mol. The molecule has 2 aromatic carbocycles. The molecule has 0 aromatic heterocycles. The van der Waals surface area contributed by atoms with Crippen molar-refractivity contribution in [1.29, 1.82) is 0 Å². The van der Waals surface area contributed by atoms with Crippen molar-refractivity contribution < 1.29 is 14.3 Å². The molecule has 0 fully saturated rings. The Morgan fingerprint density at radius 1 is 0.947 bits per heavy atom. The molecule has 19 heavy (non-hydrogen) atoms. The van der Waals surface area contributed by atoms with Crippen LogP contribution in [0.15, 0.2) is 60.7 Å². The molecule has 0 heterocycles. The summed E-state index contributed by atoms with van der Waals surface area (Å²) in [5.41, 5.74) is 1.07. The maximum Gasteiger partial charge on any atom is 0.344 e. The number of carbonyl (C=O) groups excluding carboxylic acids is 2. The minimum atomic E-state index is -0.447. The lowest BCUT2D eigenvalue weighted by molar-refractivity contribution is -0.104. The van der Waals surface area contributed by atoms with Gasteiger partial charge in [-0.05, 0) is 29.8 Å². The molecule has 3 heteroatoms. The third-order valence-electron chi connectivity index (χ3n) is 2.49. The van der Waals surface area contributed by atoms with E-state index in [0.717, 1.165) is 0 Å². The van der Waals surface area contributed by atoms with Crippen molar-refractivity contribution in [2.24, 2.45) is 0 Å². The number of ether oxygens (including phenoxy) is 1. The number of rotatable bonds is 4. The van der Waals surface area contributed by atoms with E-state index >= 15 is 0 Å². The van der Waals surface area contributed by atoms with Gasteiger partial charge in [-0.25, -0.2) is 4.79 Å². The SMILES string of the molecule is O=C/C=C/c1ccccc1C(=O)Oc1ccccc1. The Morgan fingerprint density at radius 2 is 1.63 bits per heavy atom. The highest BCUT2D eigenvalue weighted by molar-refractivity contribution is 5.95. The summed E-state index contributed by atoms with van der Waals surface area (Å²) in [6.45, 7) is 0. The van der Waals surface area contributed by atoms with Crippen LogP contribution in [0.25, 0.3) is 6.08 Å². The number of aldehydes is 1. The molecule has 0 aliphatic carbocycles. The Balaban J connectivity index is 2.24. The average molecular weight is 252 g/mol. The topological polar surface area (TPSA) is 43.4 Å². The van der Waals surface area contributed by atoms with E-state index in [-0.39, 0.29) is 0 Å². The molecule has 0 saturated carbocycles. The molecule has 2 rings (SSSR count). The van der Waals surface area contributed by atoms with E-state index in [9.17, 15) is 9.59 Å². The molecule has 0 aliphatic heterocycles. The van der Waals surface area contributed by atoms with Crippen molar-refractivity contribution in [1.82, 2.24) is 0 Å². The minimum absolute atomic E-state index is 0.421. The van der Waals surface area contributed by atoms with Crippen LogP contribution < -0.4 is 4.74 Å². The van der Waals surface area contributed by atoms with Gasteiger partial charge >= 0.3 is 5.97 Å². The molecular formula is C16H12O3. The lowest BCUT2D eigenvalue weighted by Crippen LogP contribution is -2.09. The molecule has 0 spiro atoms. The van der Waals surface area contributed by atoms with Gasteiger partial charge in [0.25, 0.3) is 0 Å². The predicted octanol–water partition coefficient (Wildman–Crippen LogP) is 3.12. The van der Waals surface area contributed by atoms with E-state index in [1.54, 1.807) is 54.6 Å². The second-order valence-electron chi connectivity index (χ2n) is 3.79. The van der Waals surface area contributed by atoms with Crippen molar-refractivity contribution in [2.45, 2.75) is 0 Å². The molecule has 0 atom stereocenters. The Morgan fingerprint density at radius 3 is 2.37 bits per heavy atom. The number of carbonyl (C=O) groups is 2. The molecule has 0 N–H and O–H groups in total. The molecule has 3 nitrogen and oxygen atoms in total. The van der Waals surface area contributed by atoms with E-state index < -0.39 is 5.97 Å². The summed E-state index contributed by atoms with van der Waals surface area (Å²) >= 11 is 0. The van der Waals surface area contributed by atoms with Gasteiger partial charge in [-0.15, -0.1) is 0 Å². The lowest BCUT2D eigenvalue weighted by atomic mass is 10.1. The third-order valence-corrected chi connectivity index (χ3v) is 2.49. The van der Waals surface area contributed by atoms with Crippen LogP contribution in [0.5, 0.6) is 5.75 Å². The van der Waals surface area contributed by atoms with E-state index in [4.69, 9.17) is 4.74 Å². The van der Waals surface area contributed by atoms with Gasteiger partial charge < -0.3 is 4.74 Å². The second-order valence-corrected chi connectivity index (χ2v) is 3.79. The third kappa shape index (κ3) is 3.39. The molecule has 0 bridgehead atoms. The summed E-state index contributed by atoms with van der Waals surface area (Å²) in [4.78, 5) is 22.4. The highest BCUT2D eigenvalue weighted by Gasteiger charge is 2.11. The second kappa shape index (κ2) is 6.31. The first-order valence-corrected chi connectivity index (χ1v) is 5.79. The molecule has 0 aliphatic rings. The van der Waals surface area contributed by atoms with Crippen molar-refractivity contribution in [3.8, 4) is 5.75 Å². The zero-order valence-electron chi connectivity index (χ0n) is 10.2. The van der Waals surface area contributed by atoms with Gasteiger partial charge in [0.2, 0.25) is 0 Å². The van der Waals surface area contributed by atoms with Crippen LogP contribution in [0.2, 0.25) is 0 Å². The Bertz CT molecular complexity index is 600. The zero-order chi connectivity index (χ0) is 13.5. The van der Waals surface area contributed by atoms with E-state index in [0.29, 0.717) is 23.2 Å². The van der Waals surface area contributed by atoms with Gasteiger partial charge in [0, 0.05) is 0 Å². The fourth-order valence-corrected chi connectivity index (χ4v) is 1.62. The summed E-state index contributed by atoms with van der Waals surface area (Å²) in [7, 11) is 0. The fraction of sp³-hybridized carbons (Fsp3) is 0. The number of hydrogen-bond donors (Lipinski definition) is 0. The van der Waals surface area contributed by atoms with Crippen molar-refractivity contribution in [3.05, 3.63) is 71.8 Å². The average Bonchev–Trinajstić information content (AvgIpc) is 2.46. The molecule has 0 amide bonds. The molecule has 0 saturated heterocycles. The van der Waals surface area contributed by atoms with Gasteiger partial charge in [-0.1, -0.05) is 42.5 Å².